The number of amides is 2. The van der Waals surface area contributed by atoms with E-state index in [4.69, 9.17) is 4.74 Å². The normalized spacial score (nSPS) is 10.5. The third-order valence-corrected chi connectivity index (χ3v) is 4.39. The molecule has 0 spiro atoms. The molecule has 0 aliphatic carbocycles. The number of H-pyrrole nitrogens is 1. The lowest BCUT2D eigenvalue weighted by atomic mass is 10.2. The van der Waals surface area contributed by atoms with E-state index < -0.39 is 5.91 Å². The Hall–Kier alpha value is -4.33. The van der Waals surface area contributed by atoms with Gasteiger partial charge in [0, 0.05) is 11.4 Å². The standard InChI is InChI=1S/C23H21N5O3/c29-22(14-21-25-19-8-4-5-9-20(19)26-21)27-28-23(30)15-31-18-12-10-17(11-13-18)24-16-6-2-1-3-7-16/h1-13,24H,14-15H2,(H,25,26)(H,27,29)(H,28,30). The fraction of sp³-hybridized carbons (Fsp3) is 0.0870. The van der Waals surface area contributed by atoms with Crippen LogP contribution in [0, 0.1) is 0 Å². The molecule has 1 aromatic heterocycles. The van der Waals surface area contributed by atoms with Gasteiger partial charge in [0.25, 0.3) is 5.91 Å². The number of ether oxygens (including phenoxy) is 1. The molecule has 4 aromatic rings. The Morgan fingerprint density at radius 1 is 0.806 bits per heavy atom. The van der Waals surface area contributed by atoms with Crippen LogP contribution in [0.5, 0.6) is 5.75 Å². The van der Waals surface area contributed by atoms with Crippen LogP contribution in [0.2, 0.25) is 0 Å². The highest BCUT2D eigenvalue weighted by atomic mass is 16.5. The fourth-order valence-electron chi connectivity index (χ4n) is 2.93. The van der Waals surface area contributed by atoms with Gasteiger partial charge < -0.3 is 15.0 Å². The number of nitrogens with zero attached hydrogens (tertiary/aromatic N) is 1. The highest BCUT2D eigenvalue weighted by molar-refractivity contribution is 5.84. The molecule has 156 valence electrons. The van der Waals surface area contributed by atoms with Crippen molar-refractivity contribution >= 4 is 34.2 Å². The molecule has 0 bridgehead atoms. The zero-order valence-corrected chi connectivity index (χ0v) is 16.6. The summed E-state index contributed by atoms with van der Waals surface area (Å²) in [6.07, 6.45) is 0.0195. The fourth-order valence-corrected chi connectivity index (χ4v) is 2.93. The zero-order chi connectivity index (χ0) is 21.5. The average Bonchev–Trinajstić information content (AvgIpc) is 3.20. The summed E-state index contributed by atoms with van der Waals surface area (Å²) in [6, 6.07) is 24.5. The Balaban J connectivity index is 1.19. The molecule has 0 radical (unpaired) electrons. The van der Waals surface area contributed by atoms with E-state index in [0.717, 1.165) is 22.4 Å². The molecule has 8 nitrogen and oxygen atoms in total. The monoisotopic (exact) mass is 415 g/mol. The van der Waals surface area contributed by atoms with Gasteiger partial charge in [-0.2, -0.15) is 0 Å². The molecule has 0 saturated heterocycles. The number of carbonyl (C=O) groups excluding carboxylic acids is 2. The summed E-state index contributed by atoms with van der Waals surface area (Å²) in [6.45, 7) is -0.226. The molecule has 0 aliphatic rings. The van der Waals surface area contributed by atoms with Gasteiger partial charge in [-0.05, 0) is 48.5 Å². The first-order chi connectivity index (χ1) is 15.2. The smallest absolute Gasteiger partial charge is 0.276 e. The minimum absolute atomic E-state index is 0.0195. The summed E-state index contributed by atoms with van der Waals surface area (Å²) in [7, 11) is 0. The summed E-state index contributed by atoms with van der Waals surface area (Å²) in [5.74, 6) is 0.212. The van der Waals surface area contributed by atoms with E-state index >= 15 is 0 Å². The Morgan fingerprint density at radius 2 is 1.48 bits per heavy atom. The molecule has 0 atom stereocenters. The van der Waals surface area contributed by atoms with Gasteiger partial charge in [-0.1, -0.05) is 30.3 Å². The molecule has 0 fully saturated rings. The van der Waals surface area contributed by atoms with Gasteiger partial charge in [0.15, 0.2) is 6.61 Å². The number of para-hydroxylation sites is 3. The van der Waals surface area contributed by atoms with Crippen molar-refractivity contribution in [3.63, 3.8) is 0 Å². The van der Waals surface area contributed by atoms with Crippen LogP contribution in [-0.2, 0) is 16.0 Å². The van der Waals surface area contributed by atoms with Crippen LogP contribution < -0.4 is 20.9 Å². The average molecular weight is 415 g/mol. The molecule has 4 N–H and O–H groups in total. The van der Waals surface area contributed by atoms with Crippen LogP contribution >= 0.6 is 0 Å². The van der Waals surface area contributed by atoms with E-state index in [0.29, 0.717) is 11.6 Å². The summed E-state index contributed by atoms with van der Waals surface area (Å²) in [4.78, 5) is 31.4. The van der Waals surface area contributed by atoms with Crippen molar-refractivity contribution in [1.29, 1.82) is 0 Å². The van der Waals surface area contributed by atoms with Crippen LogP contribution in [0.3, 0.4) is 0 Å². The molecule has 0 aliphatic heterocycles. The minimum atomic E-state index is -0.468. The van der Waals surface area contributed by atoms with Crippen molar-refractivity contribution in [3.05, 3.63) is 84.7 Å². The van der Waals surface area contributed by atoms with Crippen molar-refractivity contribution < 1.29 is 14.3 Å². The molecule has 2 amide bonds. The number of carbonyl (C=O) groups is 2. The van der Waals surface area contributed by atoms with E-state index in [1.807, 2.05) is 66.7 Å². The van der Waals surface area contributed by atoms with E-state index in [9.17, 15) is 9.59 Å². The molecule has 31 heavy (non-hydrogen) atoms. The quantitative estimate of drug-likeness (QED) is 0.347. The second kappa shape index (κ2) is 9.45. The van der Waals surface area contributed by atoms with Crippen LogP contribution in [0.4, 0.5) is 11.4 Å². The van der Waals surface area contributed by atoms with Crippen molar-refractivity contribution in [2.75, 3.05) is 11.9 Å². The lowest BCUT2D eigenvalue weighted by molar-refractivity contribution is -0.129. The molecule has 4 rings (SSSR count). The van der Waals surface area contributed by atoms with Gasteiger partial charge in [-0.15, -0.1) is 0 Å². The van der Waals surface area contributed by atoms with Gasteiger partial charge in [-0.25, -0.2) is 4.98 Å². The Labute approximate surface area is 178 Å². The maximum Gasteiger partial charge on any atom is 0.276 e. The van der Waals surface area contributed by atoms with E-state index in [1.54, 1.807) is 12.1 Å². The van der Waals surface area contributed by atoms with E-state index in [1.165, 1.54) is 0 Å². The van der Waals surface area contributed by atoms with E-state index in [-0.39, 0.29) is 18.9 Å². The van der Waals surface area contributed by atoms with Gasteiger partial charge in [-0.3, -0.25) is 20.4 Å². The lowest BCUT2D eigenvalue weighted by Crippen LogP contribution is -2.44. The number of hydrogen-bond acceptors (Lipinski definition) is 5. The molecular weight excluding hydrogens is 394 g/mol. The van der Waals surface area contributed by atoms with Gasteiger partial charge in [0.1, 0.15) is 11.6 Å². The molecular formula is C23H21N5O3. The Morgan fingerprint density at radius 3 is 2.26 bits per heavy atom. The number of nitrogens with one attached hydrogen (secondary N) is 4. The van der Waals surface area contributed by atoms with Crippen molar-refractivity contribution in [1.82, 2.24) is 20.8 Å². The van der Waals surface area contributed by atoms with Crippen molar-refractivity contribution in [3.8, 4) is 5.75 Å². The zero-order valence-electron chi connectivity index (χ0n) is 16.6. The summed E-state index contributed by atoms with van der Waals surface area (Å²) in [5, 5.41) is 3.27. The Bertz CT molecular complexity index is 1140. The number of aromatic amines is 1. The molecule has 0 unspecified atom stereocenters. The maximum atomic E-state index is 12.0. The number of aromatic nitrogens is 2. The number of rotatable bonds is 7. The summed E-state index contributed by atoms with van der Waals surface area (Å²) < 4.78 is 5.45. The number of hydrazine groups is 1. The number of hydrogen-bond donors (Lipinski definition) is 4. The third-order valence-electron chi connectivity index (χ3n) is 4.39. The van der Waals surface area contributed by atoms with Crippen LogP contribution in [0.15, 0.2) is 78.9 Å². The summed E-state index contributed by atoms with van der Waals surface area (Å²) in [5.41, 5.74) is 8.22. The number of anilines is 2. The summed E-state index contributed by atoms with van der Waals surface area (Å²) >= 11 is 0. The first kappa shape index (κ1) is 20.0. The van der Waals surface area contributed by atoms with Crippen LogP contribution in [0.25, 0.3) is 11.0 Å². The SMILES string of the molecule is O=C(COc1ccc(Nc2ccccc2)cc1)NNC(=O)Cc1nc2ccccc2[nH]1. The topological polar surface area (TPSA) is 108 Å². The van der Waals surface area contributed by atoms with Crippen molar-refractivity contribution in [2.24, 2.45) is 0 Å². The highest BCUT2D eigenvalue weighted by Gasteiger charge is 2.10. The molecule has 0 saturated carbocycles. The minimum Gasteiger partial charge on any atom is -0.484 e. The van der Waals surface area contributed by atoms with Crippen molar-refractivity contribution in [2.45, 2.75) is 6.42 Å². The lowest BCUT2D eigenvalue weighted by Gasteiger charge is -2.10. The maximum absolute atomic E-state index is 12.0. The first-order valence-electron chi connectivity index (χ1n) is 9.72. The van der Waals surface area contributed by atoms with Gasteiger partial charge in [0.05, 0.1) is 17.5 Å². The molecule has 8 heteroatoms. The first-order valence-corrected chi connectivity index (χ1v) is 9.72. The number of imidazole rings is 1. The molecule has 3 aromatic carbocycles. The Kier molecular flexibility index (Phi) is 6.08. The van der Waals surface area contributed by atoms with E-state index in [2.05, 4.69) is 26.1 Å². The van der Waals surface area contributed by atoms with Crippen LogP contribution in [-0.4, -0.2) is 28.4 Å². The largest absolute Gasteiger partial charge is 0.484 e. The predicted octanol–water partition coefficient (Wildman–Crippen LogP) is 3.08. The van der Waals surface area contributed by atoms with Gasteiger partial charge >= 0.3 is 0 Å². The number of fused-ring (bicyclic) bond motifs is 1. The molecule has 1 heterocycles. The second-order valence-corrected chi connectivity index (χ2v) is 6.78. The second-order valence-electron chi connectivity index (χ2n) is 6.78. The highest BCUT2D eigenvalue weighted by Crippen LogP contribution is 2.19. The van der Waals surface area contributed by atoms with Crippen LogP contribution in [0.1, 0.15) is 5.82 Å². The third kappa shape index (κ3) is 5.60. The number of benzene rings is 3. The van der Waals surface area contributed by atoms with Gasteiger partial charge in [0.2, 0.25) is 5.91 Å². The predicted molar refractivity (Wildman–Crippen MR) is 118 cm³/mol.